The Kier molecular flexibility index (Phi) is 7.52. The van der Waals surface area contributed by atoms with Gasteiger partial charge in [0.05, 0.1) is 23.8 Å². The summed E-state index contributed by atoms with van der Waals surface area (Å²) in [6.07, 6.45) is 2.23. The molecular weight excluding hydrogens is 470 g/mol. The number of hydrogen-bond acceptors (Lipinski definition) is 7. The van der Waals surface area contributed by atoms with E-state index >= 15 is 0 Å². The average Bonchev–Trinajstić information content (AvgIpc) is 3.46. The molecule has 11 heteroatoms. The van der Waals surface area contributed by atoms with E-state index in [4.69, 9.17) is 26.1 Å². The van der Waals surface area contributed by atoms with E-state index < -0.39 is 0 Å². The number of H-pyrrole nitrogens is 1. The Balaban J connectivity index is 1.47. The summed E-state index contributed by atoms with van der Waals surface area (Å²) in [6.45, 7) is 1.21. The van der Waals surface area contributed by atoms with E-state index in [9.17, 15) is 4.79 Å². The zero-order chi connectivity index (χ0) is 24.9. The Labute approximate surface area is 208 Å². The lowest BCUT2D eigenvalue weighted by Crippen LogP contribution is -2.34. The molecule has 0 saturated carbocycles. The maximum Gasteiger partial charge on any atom is 0.257 e. The molecule has 4 rings (SSSR count). The van der Waals surface area contributed by atoms with Crippen molar-refractivity contribution >= 4 is 28.4 Å². The van der Waals surface area contributed by atoms with Gasteiger partial charge < -0.3 is 19.7 Å². The molecule has 10 nitrogen and oxygen atoms in total. The molecule has 0 bridgehead atoms. The Morgan fingerprint density at radius 1 is 1.23 bits per heavy atom. The van der Waals surface area contributed by atoms with Crippen molar-refractivity contribution in [3.05, 3.63) is 52.9 Å². The van der Waals surface area contributed by atoms with Crippen LogP contribution in [0.5, 0.6) is 11.5 Å². The highest BCUT2D eigenvalue weighted by Crippen LogP contribution is 2.32. The molecule has 0 fully saturated rings. The number of nitrogens with zero attached hydrogens (tertiary/aromatic N) is 5. The van der Waals surface area contributed by atoms with Crippen molar-refractivity contribution in [2.75, 3.05) is 40.9 Å². The van der Waals surface area contributed by atoms with Crippen LogP contribution < -0.4 is 14.8 Å². The summed E-state index contributed by atoms with van der Waals surface area (Å²) in [5, 5.41) is 15.9. The summed E-state index contributed by atoms with van der Waals surface area (Å²) in [6, 6.07) is 9.30. The standard InChI is InChI=1S/C24H28ClN7O3/c1-31(2)10-9-26-22(33)14-35-19-8-6-16(11-20(19)34-4)24-28-21(32(3)30-24)12-15-5-7-18-17(23(15)25)13-27-29-18/h5-8,11,13H,9-10,12,14H2,1-4H3,(H,26,33)(H,27,29). The van der Waals surface area contributed by atoms with Crippen molar-refractivity contribution in [2.45, 2.75) is 6.42 Å². The zero-order valence-corrected chi connectivity index (χ0v) is 20.9. The van der Waals surface area contributed by atoms with E-state index in [-0.39, 0.29) is 12.5 Å². The van der Waals surface area contributed by atoms with E-state index in [0.29, 0.717) is 35.3 Å². The highest BCUT2D eigenvalue weighted by atomic mass is 35.5. The lowest BCUT2D eigenvalue weighted by molar-refractivity contribution is -0.123. The third-order valence-corrected chi connectivity index (χ3v) is 5.95. The van der Waals surface area contributed by atoms with Crippen molar-refractivity contribution in [1.82, 2.24) is 35.2 Å². The third kappa shape index (κ3) is 5.72. The molecule has 0 aliphatic rings. The smallest absolute Gasteiger partial charge is 0.257 e. The topological polar surface area (TPSA) is 110 Å². The molecule has 4 aromatic rings. The first kappa shape index (κ1) is 24.5. The number of hydrogen-bond donors (Lipinski definition) is 2. The number of halogens is 1. The van der Waals surface area contributed by atoms with Gasteiger partial charge in [0.15, 0.2) is 23.9 Å². The minimum Gasteiger partial charge on any atom is -0.493 e. The molecular formula is C24H28ClN7O3. The van der Waals surface area contributed by atoms with Crippen LogP contribution in [0.15, 0.2) is 36.5 Å². The van der Waals surface area contributed by atoms with Crippen LogP contribution in [0.25, 0.3) is 22.3 Å². The lowest BCUT2D eigenvalue weighted by atomic mass is 10.1. The van der Waals surface area contributed by atoms with Crippen LogP contribution in [0.2, 0.25) is 5.02 Å². The third-order valence-electron chi connectivity index (χ3n) is 5.50. The van der Waals surface area contributed by atoms with Gasteiger partial charge in [0.25, 0.3) is 5.91 Å². The van der Waals surface area contributed by atoms with Crippen LogP contribution in [0.4, 0.5) is 0 Å². The van der Waals surface area contributed by atoms with Crippen molar-refractivity contribution < 1.29 is 14.3 Å². The Morgan fingerprint density at radius 3 is 2.83 bits per heavy atom. The molecule has 0 aliphatic heterocycles. The molecule has 1 amide bonds. The number of benzene rings is 2. The Hall–Kier alpha value is -3.63. The number of carbonyl (C=O) groups is 1. The van der Waals surface area contributed by atoms with Gasteiger partial charge in [-0.2, -0.15) is 10.2 Å². The molecule has 0 saturated heterocycles. The van der Waals surface area contributed by atoms with Gasteiger partial charge in [0, 0.05) is 37.5 Å². The monoisotopic (exact) mass is 497 g/mol. The second-order valence-corrected chi connectivity index (χ2v) is 8.71. The number of carbonyl (C=O) groups excluding carboxylic acids is 1. The van der Waals surface area contributed by atoms with Gasteiger partial charge in [-0.1, -0.05) is 17.7 Å². The summed E-state index contributed by atoms with van der Waals surface area (Å²) in [7, 11) is 7.29. The van der Waals surface area contributed by atoms with E-state index in [0.717, 1.165) is 34.4 Å². The fourth-order valence-electron chi connectivity index (χ4n) is 3.57. The van der Waals surface area contributed by atoms with Gasteiger partial charge in [-0.05, 0) is 43.9 Å². The van der Waals surface area contributed by atoms with Crippen LogP contribution >= 0.6 is 11.6 Å². The Bertz CT molecular complexity index is 1330. The summed E-state index contributed by atoms with van der Waals surface area (Å²) in [5.41, 5.74) is 2.59. The molecule has 2 N–H and O–H groups in total. The van der Waals surface area contributed by atoms with Crippen LogP contribution in [-0.4, -0.2) is 76.7 Å². The summed E-state index contributed by atoms with van der Waals surface area (Å²) < 4.78 is 12.9. The number of amides is 1. The lowest BCUT2D eigenvalue weighted by Gasteiger charge is -2.13. The Morgan fingerprint density at radius 2 is 2.06 bits per heavy atom. The highest BCUT2D eigenvalue weighted by molar-refractivity contribution is 6.36. The van der Waals surface area contributed by atoms with E-state index in [1.54, 1.807) is 30.1 Å². The largest absolute Gasteiger partial charge is 0.493 e. The maximum absolute atomic E-state index is 12.0. The number of aromatic amines is 1. The van der Waals surface area contributed by atoms with E-state index in [2.05, 4.69) is 20.6 Å². The highest BCUT2D eigenvalue weighted by Gasteiger charge is 2.16. The molecule has 0 atom stereocenters. The molecule has 0 aliphatic carbocycles. The molecule has 2 aromatic carbocycles. The normalized spacial score (nSPS) is 11.3. The first-order valence-corrected chi connectivity index (χ1v) is 11.5. The number of ether oxygens (including phenoxy) is 2. The second-order valence-electron chi connectivity index (χ2n) is 8.33. The molecule has 0 unspecified atom stereocenters. The molecule has 35 heavy (non-hydrogen) atoms. The van der Waals surface area contributed by atoms with E-state index in [1.807, 2.05) is 44.2 Å². The van der Waals surface area contributed by atoms with Crippen molar-refractivity contribution in [1.29, 1.82) is 0 Å². The predicted octanol–water partition coefficient (Wildman–Crippen LogP) is 2.67. The SMILES string of the molecule is COc1cc(-c2nc(Cc3ccc4[nH]ncc4c3Cl)n(C)n2)ccc1OCC(=O)NCCN(C)C. The minimum atomic E-state index is -0.193. The molecule has 0 spiro atoms. The minimum absolute atomic E-state index is 0.100. The number of rotatable bonds is 10. The first-order chi connectivity index (χ1) is 16.9. The summed E-state index contributed by atoms with van der Waals surface area (Å²) in [5.74, 6) is 2.08. The predicted molar refractivity (Wildman–Crippen MR) is 134 cm³/mol. The van der Waals surface area contributed by atoms with Crippen LogP contribution in [-0.2, 0) is 18.3 Å². The number of aryl methyl sites for hydroxylation is 1. The molecule has 2 heterocycles. The van der Waals surface area contributed by atoms with Gasteiger partial charge >= 0.3 is 0 Å². The number of methoxy groups -OCH3 is 1. The fraction of sp³-hybridized carbons (Fsp3) is 0.333. The number of nitrogens with one attached hydrogen (secondary N) is 2. The summed E-state index contributed by atoms with van der Waals surface area (Å²) in [4.78, 5) is 18.7. The fourth-order valence-corrected chi connectivity index (χ4v) is 3.85. The van der Waals surface area contributed by atoms with Crippen molar-refractivity contribution in [3.63, 3.8) is 0 Å². The van der Waals surface area contributed by atoms with Gasteiger partial charge in [0.2, 0.25) is 0 Å². The molecule has 2 aromatic heterocycles. The number of likely N-dealkylation sites (N-methyl/N-ethyl adjacent to an activating group) is 1. The van der Waals surface area contributed by atoms with Gasteiger partial charge in [-0.15, -0.1) is 0 Å². The first-order valence-electron chi connectivity index (χ1n) is 11.1. The molecule has 184 valence electrons. The van der Waals surface area contributed by atoms with Crippen LogP contribution in [0.3, 0.4) is 0 Å². The second kappa shape index (κ2) is 10.7. The van der Waals surface area contributed by atoms with Gasteiger partial charge in [-0.3, -0.25) is 14.6 Å². The van der Waals surface area contributed by atoms with Gasteiger partial charge in [0.1, 0.15) is 5.82 Å². The van der Waals surface area contributed by atoms with Crippen LogP contribution in [0, 0.1) is 0 Å². The molecule has 0 radical (unpaired) electrons. The van der Waals surface area contributed by atoms with Crippen molar-refractivity contribution in [3.8, 4) is 22.9 Å². The van der Waals surface area contributed by atoms with Crippen molar-refractivity contribution in [2.24, 2.45) is 7.05 Å². The number of aromatic nitrogens is 5. The van der Waals surface area contributed by atoms with E-state index in [1.165, 1.54) is 0 Å². The van der Waals surface area contributed by atoms with Gasteiger partial charge in [-0.25, -0.2) is 4.98 Å². The number of fused-ring (bicyclic) bond motifs is 1. The quantitative estimate of drug-likeness (QED) is 0.346. The zero-order valence-electron chi connectivity index (χ0n) is 20.1. The van der Waals surface area contributed by atoms with Crippen LogP contribution in [0.1, 0.15) is 11.4 Å². The average molecular weight is 498 g/mol. The maximum atomic E-state index is 12.0. The summed E-state index contributed by atoms with van der Waals surface area (Å²) >= 11 is 6.58.